The molecular weight excluding hydrogens is 412 g/mol. The second-order valence-electron chi connectivity index (χ2n) is 7.79. The molecule has 0 aliphatic rings. The third-order valence-corrected chi connectivity index (χ3v) is 6.59. The van der Waals surface area contributed by atoms with E-state index in [2.05, 4.69) is 10.6 Å². The molecule has 0 aliphatic heterocycles. The lowest BCUT2D eigenvalue weighted by molar-refractivity contribution is -0.128. The highest BCUT2D eigenvalue weighted by atomic mass is 32.1. The molecule has 1 atom stereocenters. The van der Waals surface area contributed by atoms with Crippen LogP contribution >= 0.6 is 11.3 Å². The number of amides is 2. The number of hydrogen-bond acceptors (Lipinski definition) is 5. The number of nitrogens with one attached hydrogen (secondary N) is 2. The van der Waals surface area contributed by atoms with Gasteiger partial charge in [-0.3, -0.25) is 14.4 Å². The second-order valence-corrected chi connectivity index (χ2v) is 8.88. The third kappa shape index (κ3) is 4.94. The van der Waals surface area contributed by atoms with E-state index in [1.54, 1.807) is 38.3 Å². The van der Waals surface area contributed by atoms with E-state index < -0.39 is 11.4 Å². The minimum absolute atomic E-state index is 0.160. The van der Waals surface area contributed by atoms with Crippen LogP contribution in [0.25, 0.3) is 10.1 Å². The first kappa shape index (κ1) is 22.5. The number of methoxy groups -OCH3 is 1. The van der Waals surface area contributed by atoms with Gasteiger partial charge in [-0.15, -0.1) is 11.3 Å². The lowest BCUT2D eigenvalue weighted by atomic mass is 9.87. The van der Waals surface area contributed by atoms with Gasteiger partial charge in [0, 0.05) is 10.3 Å². The Labute approximate surface area is 185 Å². The van der Waals surface area contributed by atoms with Crippen molar-refractivity contribution in [1.29, 1.82) is 0 Å². The van der Waals surface area contributed by atoms with E-state index in [0.717, 1.165) is 10.1 Å². The molecule has 0 fully saturated rings. The van der Waals surface area contributed by atoms with Crippen LogP contribution in [0.4, 0.5) is 0 Å². The Morgan fingerprint density at radius 2 is 1.74 bits per heavy atom. The van der Waals surface area contributed by atoms with Gasteiger partial charge < -0.3 is 15.4 Å². The fourth-order valence-electron chi connectivity index (χ4n) is 3.08. The summed E-state index contributed by atoms with van der Waals surface area (Å²) in [4.78, 5) is 38.9. The number of carbonyl (C=O) groups is 3. The van der Waals surface area contributed by atoms with Crippen LogP contribution in [0.5, 0.6) is 5.75 Å². The van der Waals surface area contributed by atoms with Crippen LogP contribution in [-0.4, -0.2) is 36.8 Å². The molecule has 1 aromatic heterocycles. The molecule has 0 spiro atoms. The first-order chi connectivity index (χ1) is 14.7. The van der Waals surface area contributed by atoms with Gasteiger partial charge in [-0.1, -0.05) is 32.0 Å². The van der Waals surface area contributed by atoms with Crippen LogP contribution in [0.1, 0.15) is 40.8 Å². The summed E-state index contributed by atoms with van der Waals surface area (Å²) in [7, 11) is 1.55. The lowest BCUT2D eigenvalue weighted by Crippen LogP contribution is -2.60. The predicted octanol–water partition coefficient (Wildman–Crippen LogP) is 4.05. The number of benzene rings is 2. The summed E-state index contributed by atoms with van der Waals surface area (Å²) < 4.78 is 6.10. The van der Waals surface area contributed by atoms with Crippen molar-refractivity contribution < 1.29 is 19.1 Å². The largest absolute Gasteiger partial charge is 0.497 e. The van der Waals surface area contributed by atoms with E-state index in [1.165, 1.54) is 11.3 Å². The van der Waals surface area contributed by atoms with Gasteiger partial charge in [-0.2, -0.15) is 0 Å². The van der Waals surface area contributed by atoms with Gasteiger partial charge >= 0.3 is 0 Å². The highest BCUT2D eigenvalue weighted by Gasteiger charge is 2.38. The molecule has 0 radical (unpaired) electrons. The molecule has 3 aromatic rings. The average Bonchev–Trinajstić information content (AvgIpc) is 3.21. The van der Waals surface area contributed by atoms with Crippen LogP contribution in [0, 0.1) is 5.92 Å². The van der Waals surface area contributed by atoms with Crippen molar-refractivity contribution in [2.45, 2.75) is 26.3 Å². The van der Waals surface area contributed by atoms with Crippen LogP contribution < -0.4 is 15.4 Å². The smallest absolute Gasteiger partial charge is 0.262 e. The molecule has 162 valence electrons. The van der Waals surface area contributed by atoms with E-state index in [-0.39, 0.29) is 24.2 Å². The first-order valence-electron chi connectivity index (χ1n) is 10.0. The molecule has 6 nitrogen and oxygen atoms in total. The van der Waals surface area contributed by atoms with Crippen molar-refractivity contribution >= 4 is 39.0 Å². The highest BCUT2D eigenvalue weighted by molar-refractivity contribution is 7.20. The lowest BCUT2D eigenvalue weighted by Gasteiger charge is -2.33. The number of carbonyl (C=O) groups excluding carboxylic acids is 3. The summed E-state index contributed by atoms with van der Waals surface area (Å²) >= 11 is 1.38. The van der Waals surface area contributed by atoms with E-state index in [1.807, 2.05) is 44.2 Å². The molecule has 0 aliphatic carbocycles. The zero-order valence-corrected chi connectivity index (χ0v) is 18.8. The van der Waals surface area contributed by atoms with Gasteiger partial charge in [0.05, 0.1) is 18.5 Å². The Morgan fingerprint density at radius 1 is 1.06 bits per heavy atom. The molecule has 0 unspecified atom stereocenters. The number of hydrogen-bond donors (Lipinski definition) is 2. The number of thiophene rings is 1. The first-order valence-corrected chi connectivity index (χ1v) is 10.8. The molecule has 3 rings (SSSR count). The molecule has 2 N–H and O–H groups in total. The highest BCUT2D eigenvalue weighted by Crippen LogP contribution is 2.26. The number of ketones is 1. The quantitative estimate of drug-likeness (QED) is 0.520. The van der Waals surface area contributed by atoms with Crippen LogP contribution in [0.2, 0.25) is 0 Å². The Kier molecular flexibility index (Phi) is 6.75. The maximum atomic E-state index is 13.0. The topological polar surface area (TPSA) is 84.5 Å². The number of rotatable bonds is 8. The summed E-state index contributed by atoms with van der Waals surface area (Å²) in [5.74, 6) is -0.482. The van der Waals surface area contributed by atoms with Crippen LogP contribution in [0.15, 0.2) is 54.6 Å². The monoisotopic (exact) mass is 438 g/mol. The van der Waals surface area contributed by atoms with E-state index in [0.29, 0.717) is 16.2 Å². The van der Waals surface area contributed by atoms with Gasteiger partial charge in [0.15, 0.2) is 5.78 Å². The SMILES string of the molecule is COc1ccc(C(=O)CNC(=O)[C@@](C)(NC(=O)c2cc3ccccc3s2)C(C)C)cc1. The van der Waals surface area contributed by atoms with E-state index in [9.17, 15) is 14.4 Å². The van der Waals surface area contributed by atoms with Crippen molar-refractivity contribution in [2.75, 3.05) is 13.7 Å². The normalized spacial score (nSPS) is 12.9. The van der Waals surface area contributed by atoms with Gasteiger partial charge in [0.2, 0.25) is 5.91 Å². The number of Topliss-reactive ketones (excluding diaryl/α,β-unsaturated/α-hetero) is 1. The Hall–Kier alpha value is -3.19. The molecule has 7 heteroatoms. The van der Waals surface area contributed by atoms with E-state index in [4.69, 9.17) is 4.74 Å². The minimum Gasteiger partial charge on any atom is -0.497 e. The molecular formula is C24H26N2O4S. The number of fused-ring (bicyclic) bond motifs is 1. The summed E-state index contributed by atoms with van der Waals surface area (Å²) in [5, 5.41) is 6.55. The van der Waals surface area contributed by atoms with Crippen molar-refractivity contribution in [2.24, 2.45) is 5.92 Å². The summed E-state index contributed by atoms with van der Waals surface area (Å²) in [6, 6.07) is 16.3. The predicted molar refractivity (Wildman–Crippen MR) is 123 cm³/mol. The van der Waals surface area contributed by atoms with Crippen LogP contribution in [-0.2, 0) is 4.79 Å². The average molecular weight is 439 g/mol. The molecule has 31 heavy (non-hydrogen) atoms. The van der Waals surface area contributed by atoms with Crippen molar-refractivity contribution in [3.05, 3.63) is 65.0 Å². The van der Waals surface area contributed by atoms with Crippen molar-refractivity contribution in [3.63, 3.8) is 0 Å². The molecule has 0 saturated heterocycles. The Balaban J connectivity index is 1.69. The van der Waals surface area contributed by atoms with Crippen molar-refractivity contribution in [3.8, 4) is 5.75 Å². The van der Waals surface area contributed by atoms with Gasteiger partial charge in [-0.25, -0.2) is 0 Å². The van der Waals surface area contributed by atoms with Gasteiger partial charge in [-0.05, 0) is 54.6 Å². The maximum Gasteiger partial charge on any atom is 0.262 e. The van der Waals surface area contributed by atoms with Crippen molar-refractivity contribution in [1.82, 2.24) is 10.6 Å². The molecule has 2 aromatic carbocycles. The summed E-state index contributed by atoms with van der Waals surface area (Å²) in [6.07, 6.45) is 0. The maximum absolute atomic E-state index is 13.0. The van der Waals surface area contributed by atoms with Gasteiger partial charge in [0.1, 0.15) is 11.3 Å². The fourth-order valence-corrected chi connectivity index (χ4v) is 4.04. The molecule has 0 saturated carbocycles. The molecule has 1 heterocycles. The van der Waals surface area contributed by atoms with Gasteiger partial charge in [0.25, 0.3) is 5.91 Å². The Bertz CT molecular complexity index is 1070. The fraction of sp³-hybridized carbons (Fsp3) is 0.292. The Morgan fingerprint density at radius 3 is 2.35 bits per heavy atom. The number of ether oxygens (including phenoxy) is 1. The molecule has 0 bridgehead atoms. The minimum atomic E-state index is -1.17. The second kappa shape index (κ2) is 9.31. The summed E-state index contributed by atoms with van der Waals surface area (Å²) in [6.45, 7) is 5.23. The zero-order valence-electron chi connectivity index (χ0n) is 18.0. The zero-order chi connectivity index (χ0) is 22.6. The third-order valence-electron chi connectivity index (χ3n) is 5.47. The summed E-state index contributed by atoms with van der Waals surface area (Å²) in [5.41, 5.74) is -0.699. The molecule has 2 amide bonds. The van der Waals surface area contributed by atoms with E-state index >= 15 is 0 Å². The van der Waals surface area contributed by atoms with Crippen LogP contribution in [0.3, 0.4) is 0 Å². The standard InChI is InChI=1S/C24H26N2O4S/c1-15(2)24(3,26-22(28)21-13-17-7-5-6-8-20(17)31-21)23(29)25-14-19(27)16-9-11-18(30-4)12-10-16/h5-13,15H,14H2,1-4H3,(H,25,29)(H,26,28)/t24-/m0/s1.